The number of aryl methyl sites for hydroxylation is 1. The number of hydrogen-bond donors (Lipinski definition) is 1. The lowest BCUT2D eigenvalue weighted by molar-refractivity contribution is 0.0992. The van der Waals surface area contributed by atoms with Crippen LogP contribution in [0.2, 0.25) is 20.1 Å². The summed E-state index contributed by atoms with van der Waals surface area (Å²) in [5, 5.41) is 8.80. The van der Waals surface area contributed by atoms with Crippen LogP contribution in [0.25, 0.3) is 0 Å². The van der Waals surface area contributed by atoms with E-state index >= 15 is 0 Å². The predicted octanol–water partition coefficient (Wildman–Crippen LogP) is 7.28. The molecule has 1 N–H and O–H groups in total. The van der Waals surface area contributed by atoms with E-state index in [1.165, 1.54) is 0 Å². The van der Waals surface area contributed by atoms with Crippen LogP contribution >= 0.6 is 46.4 Å². The maximum atomic E-state index is 12.6. The summed E-state index contributed by atoms with van der Waals surface area (Å²) in [6.07, 6.45) is 1.59. The minimum atomic E-state index is -0.494. The Morgan fingerprint density at radius 1 is 1.06 bits per heavy atom. The summed E-state index contributed by atoms with van der Waals surface area (Å²) in [6, 6.07) is 13.9. The van der Waals surface area contributed by atoms with Gasteiger partial charge in [0.1, 0.15) is 23.1 Å². The van der Waals surface area contributed by atoms with Gasteiger partial charge >= 0.3 is 0 Å². The lowest BCUT2D eigenvalue weighted by Gasteiger charge is -2.09. The summed E-state index contributed by atoms with van der Waals surface area (Å²) in [7, 11) is 0. The number of carbonyl (C=O) groups excluding carboxylic acids is 1. The Kier molecular flexibility index (Phi) is 7.20. The molecule has 0 aliphatic carbocycles. The maximum Gasteiger partial charge on any atom is 0.292 e. The Labute approximate surface area is 210 Å². The van der Waals surface area contributed by atoms with Crippen molar-refractivity contribution in [3.8, 4) is 5.75 Å². The summed E-state index contributed by atoms with van der Waals surface area (Å²) in [6.45, 7) is 2.37. The molecule has 2 aromatic carbocycles. The zero-order valence-electron chi connectivity index (χ0n) is 17.2. The highest BCUT2D eigenvalue weighted by Gasteiger charge is 2.17. The van der Waals surface area contributed by atoms with Crippen LogP contribution in [0.3, 0.4) is 0 Å². The number of furan rings is 1. The van der Waals surface area contributed by atoms with Gasteiger partial charge in [0, 0.05) is 16.2 Å². The van der Waals surface area contributed by atoms with Gasteiger partial charge in [-0.1, -0.05) is 64.6 Å². The average molecular weight is 525 g/mol. The van der Waals surface area contributed by atoms with Crippen molar-refractivity contribution in [2.45, 2.75) is 20.1 Å². The minimum Gasteiger partial charge on any atom is -0.484 e. The van der Waals surface area contributed by atoms with Gasteiger partial charge in [0.25, 0.3) is 5.91 Å². The van der Waals surface area contributed by atoms with E-state index in [9.17, 15) is 4.79 Å². The summed E-state index contributed by atoms with van der Waals surface area (Å²) in [4.78, 5) is 12.6. The van der Waals surface area contributed by atoms with Gasteiger partial charge in [0.15, 0.2) is 11.6 Å². The fourth-order valence-electron chi connectivity index (χ4n) is 3.08. The molecule has 170 valence electrons. The molecular formula is C23H17Cl4N3O3. The number of halogens is 4. The van der Waals surface area contributed by atoms with Crippen LogP contribution < -0.4 is 10.1 Å². The second kappa shape index (κ2) is 10.1. The van der Waals surface area contributed by atoms with E-state index < -0.39 is 5.91 Å². The maximum absolute atomic E-state index is 12.6. The van der Waals surface area contributed by atoms with Gasteiger partial charge in [0.05, 0.1) is 11.6 Å². The largest absolute Gasteiger partial charge is 0.484 e. The van der Waals surface area contributed by atoms with Crippen LogP contribution in [-0.4, -0.2) is 15.7 Å². The van der Waals surface area contributed by atoms with Crippen LogP contribution in [0.15, 0.2) is 59.1 Å². The van der Waals surface area contributed by atoms with E-state index in [-0.39, 0.29) is 23.2 Å². The molecule has 0 spiro atoms. The third kappa shape index (κ3) is 5.65. The number of hydrogen-bond acceptors (Lipinski definition) is 4. The van der Waals surface area contributed by atoms with Crippen LogP contribution in [0.1, 0.15) is 27.4 Å². The molecule has 33 heavy (non-hydrogen) atoms. The zero-order valence-corrected chi connectivity index (χ0v) is 20.3. The average Bonchev–Trinajstić information content (AvgIpc) is 3.36. The second-order valence-corrected chi connectivity index (χ2v) is 8.81. The molecule has 4 aromatic rings. The highest BCUT2D eigenvalue weighted by Crippen LogP contribution is 2.29. The number of ether oxygens (including phenoxy) is 1. The number of benzene rings is 2. The normalized spacial score (nSPS) is 10.9. The van der Waals surface area contributed by atoms with Crippen molar-refractivity contribution in [2.75, 3.05) is 5.32 Å². The number of aromatic nitrogens is 2. The van der Waals surface area contributed by atoms with Crippen LogP contribution in [0, 0.1) is 6.92 Å². The predicted molar refractivity (Wildman–Crippen MR) is 130 cm³/mol. The third-order valence-corrected chi connectivity index (χ3v) is 5.87. The SMILES string of the molecule is Cc1cccc(Cl)c1OCc1ccc(C(=O)Nc2nn(Cc3ccc(Cl)cc3Cl)cc2Cl)o1. The Morgan fingerprint density at radius 3 is 2.64 bits per heavy atom. The van der Waals surface area contributed by atoms with Gasteiger partial charge in [0.2, 0.25) is 0 Å². The molecule has 0 fully saturated rings. The number of carbonyl (C=O) groups is 1. The van der Waals surface area contributed by atoms with Crippen LogP contribution in [0.4, 0.5) is 5.82 Å². The number of amides is 1. The summed E-state index contributed by atoms with van der Waals surface area (Å²) < 4.78 is 12.9. The van der Waals surface area contributed by atoms with Gasteiger partial charge < -0.3 is 14.5 Å². The van der Waals surface area contributed by atoms with Crippen molar-refractivity contribution in [1.29, 1.82) is 0 Å². The Balaban J connectivity index is 1.40. The molecule has 1 amide bonds. The fourth-order valence-corrected chi connectivity index (χ4v) is 4.02. The molecule has 0 radical (unpaired) electrons. The van der Waals surface area contributed by atoms with E-state index in [0.717, 1.165) is 11.1 Å². The Morgan fingerprint density at radius 2 is 1.88 bits per heavy atom. The number of nitrogens with zero attached hydrogens (tertiary/aromatic N) is 2. The first-order valence-corrected chi connectivity index (χ1v) is 11.3. The van der Waals surface area contributed by atoms with E-state index in [2.05, 4.69) is 10.4 Å². The molecule has 10 heteroatoms. The summed E-state index contributed by atoms with van der Waals surface area (Å²) >= 11 is 24.6. The van der Waals surface area contributed by atoms with Crippen molar-refractivity contribution in [3.63, 3.8) is 0 Å². The first-order valence-electron chi connectivity index (χ1n) is 9.75. The number of nitrogens with one attached hydrogen (secondary N) is 1. The highest BCUT2D eigenvalue weighted by molar-refractivity contribution is 6.35. The van der Waals surface area contributed by atoms with Crippen molar-refractivity contribution in [1.82, 2.24) is 9.78 Å². The first kappa shape index (κ1) is 23.5. The molecule has 0 atom stereocenters. The lowest BCUT2D eigenvalue weighted by atomic mass is 10.2. The van der Waals surface area contributed by atoms with E-state index in [1.54, 1.807) is 47.3 Å². The molecule has 0 saturated carbocycles. The van der Waals surface area contributed by atoms with Crippen molar-refractivity contribution >= 4 is 58.1 Å². The smallest absolute Gasteiger partial charge is 0.292 e. The van der Waals surface area contributed by atoms with Gasteiger partial charge in [-0.05, 0) is 48.4 Å². The van der Waals surface area contributed by atoms with Crippen LogP contribution in [0.5, 0.6) is 5.75 Å². The number of rotatable bonds is 7. The Hall–Kier alpha value is -2.64. The number of anilines is 1. The quantitative estimate of drug-likeness (QED) is 0.276. The monoisotopic (exact) mass is 523 g/mol. The topological polar surface area (TPSA) is 69.3 Å². The van der Waals surface area contributed by atoms with E-state index in [0.29, 0.717) is 33.1 Å². The summed E-state index contributed by atoms with van der Waals surface area (Å²) in [5.41, 5.74) is 1.71. The number of para-hydroxylation sites is 1. The minimum absolute atomic E-state index is 0.0934. The highest BCUT2D eigenvalue weighted by atomic mass is 35.5. The third-order valence-electron chi connectivity index (χ3n) is 4.70. The molecule has 4 rings (SSSR count). The van der Waals surface area contributed by atoms with Gasteiger partial charge in [-0.2, -0.15) is 5.10 Å². The van der Waals surface area contributed by atoms with Crippen molar-refractivity contribution in [2.24, 2.45) is 0 Å². The standard InChI is InChI=1S/C23H17Cl4N3O3/c1-13-3-2-4-17(25)21(13)32-12-16-7-8-20(33-16)23(31)28-22-19(27)11-30(29-22)10-14-5-6-15(24)9-18(14)26/h2-9,11H,10,12H2,1H3,(H,28,29,31). The molecule has 2 heterocycles. The fraction of sp³-hybridized carbons (Fsp3) is 0.130. The molecule has 6 nitrogen and oxygen atoms in total. The first-order chi connectivity index (χ1) is 15.8. The van der Waals surface area contributed by atoms with E-state index in [1.807, 2.05) is 19.1 Å². The van der Waals surface area contributed by atoms with E-state index in [4.69, 9.17) is 55.6 Å². The molecule has 0 saturated heterocycles. The lowest BCUT2D eigenvalue weighted by Crippen LogP contribution is -2.12. The molecule has 0 bridgehead atoms. The van der Waals surface area contributed by atoms with Crippen LogP contribution in [-0.2, 0) is 13.2 Å². The molecule has 0 aliphatic rings. The molecule has 0 unspecified atom stereocenters. The van der Waals surface area contributed by atoms with Crippen molar-refractivity contribution < 1.29 is 13.9 Å². The molecular weight excluding hydrogens is 508 g/mol. The second-order valence-electron chi connectivity index (χ2n) is 7.15. The van der Waals surface area contributed by atoms with Gasteiger partial charge in [-0.3, -0.25) is 9.48 Å². The Bertz CT molecular complexity index is 1300. The van der Waals surface area contributed by atoms with Gasteiger partial charge in [-0.15, -0.1) is 0 Å². The zero-order chi connectivity index (χ0) is 23.5. The molecule has 2 aromatic heterocycles. The van der Waals surface area contributed by atoms with Crippen molar-refractivity contribution in [3.05, 3.63) is 97.5 Å². The molecule has 0 aliphatic heterocycles. The van der Waals surface area contributed by atoms with Gasteiger partial charge in [-0.25, -0.2) is 0 Å². The summed E-state index contributed by atoms with van der Waals surface area (Å²) in [5.74, 6) is 0.837.